The van der Waals surface area contributed by atoms with Crippen molar-refractivity contribution in [2.24, 2.45) is 39.8 Å². The largest absolute Gasteiger partial charge is 0.372 e. The Morgan fingerprint density at radius 1 is 0.595 bits per heavy atom. The van der Waals surface area contributed by atoms with Gasteiger partial charge in [0, 0.05) is 15.7 Å². The molecule has 3 fully saturated rings. The minimum absolute atomic E-state index is 0.0167. The SMILES string of the molecule is CCC1OC(OC2C(C)OC(OC3C(CC)OC(C)C(N=[N+]=[N-])C3C)C(C)C2C)C(N=[N+]=[N-])C(C)C1C. The Kier molecular flexibility index (Phi) is 10.5. The van der Waals surface area contributed by atoms with Gasteiger partial charge in [-0.15, -0.1) is 0 Å². The van der Waals surface area contributed by atoms with E-state index in [2.05, 4.69) is 68.5 Å². The zero-order valence-corrected chi connectivity index (χ0v) is 23.8. The first-order valence-electron chi connectivity index (χ1n) is 13.9. The van der Waals surface area contributed by atoms with Crippen LogP contribution in [0.25, 0.3) is 20.9 Å². The molecule has 11 heteroatoms. The predicted molar refractivity (Wildman–Crippen MR) is 139 cm³/mol. The average molecular weight is 523 g/mol. The molecule has 3 heterocycles. The molecule has 0 spiro atoms. The predicted octanol–water partition coefficient (Wildman–Crippen LogP) is 6.37. The van der Waals surface area contributed by atoms with E-state index in [-0.39, 0.29) is 72.3 Å². The van der Waals surface area contributed by atoms with E-state index < -0.39 is 18.6 Å². The van der Waals surface area contributed by atoms with E-state index >= 15 is 0 Å². The lowest BCUT2D eigenvalue weighted by atomic mass is 9.81. The van der Waals surface area contributed by atoms with Crippen LogP contribution in [0, 0.1) is 29.6 Å². The van der Waals surface area contributed by atoms with Crippen LogP contribution in [0.15, 0.2) is 10.2 Å². The van der Waals surface area contributed by atoms with Gasteiger partial charge < -0.3 is 23.7 Å². The van der Waals surface area contributed by atoms with Gasteiger partial charge in [0.1, 0.15) is 0 Å². The maximum Gasteiger partial charge on any atom is 0.167 e. The van der Waals surface area contributed by atoms with Crippen molar-refractivity contribution in [1.29, 1.82) is 0 Å². The van der Waals surface area contributed by atoms with E-state index in [1.807, 2.05) is 13.8 Å². The Bertz CT molecular complexity index is 851. The molecule has 0 radical (unpaired) electrons. The Balaban J connectivity index is 1.75. The fourth-order valence-electron chi connectivity index (χ4n) is 6.35. The number of hydrogen-bond acceptors (Lipinski definition) is 7. The standard InChI is InChI=1S/C26H46N6O5/c1-10-19-12(3)13(4)22(30-32-28)26(35-19)36-23-14(5)15(6)25(34-18(23)9)37-24-16(7)21(29-31-27)17(8)33-20(24)11-2/h12-26H,10-11H2,1-9H3. The molecule has 0 amide bonds. The highest BCUT2D eigenvalue weighted by Crippen LogP contribution is 2.41. The van der Waals surface area contributed by atoms with Crippen molar-refractivity contribution in [2.45, 2.75) is 136 Å². The van der Waals surface area contributed by atoms with Gasteiger partial charge in [-0.2, -0.15) is 0 Å². The summed E-state index contributed by atoms with van der Waals surface area (Å²) in [6, 6.07) is -0.712. The number of azide groups is 2. The summed E-state index contributed by atoms with van der Waals surface area (Å²) in [7, 11) is 0. The molecule has 11 nitrogen and oxygen atoms in total. The van der Waals surface area contributed by atoms with Gasteiger partial charge in [0.2, 0.25) is 0 Å². The quantitative estimate of drug-likeness (QED) is 0.206. The first-order chi connectivity index (χ1) is 17.6. The van der Waals surface area contributed by atoms with Crippen LogP contribution in [-0.4, -0.2) is 61.3 Å². The van der Waals surface area contributed by atoms with Gasteiger partial charge in [-0.1, -0.05) is 58.7 Å². The molecule has 0 aliphatic carbocycles. The normalized spacial score (nSPS) is 48.5. The van der Waals surface area contributed by atoms with Crippen molar-refractivity contribution in [2.75, 3.05) is 0 Å². The van der Waals surface area contributed by atoms with Crippen molar-refractivity contribution in [1.82, 2.24) is 0 Å². The molecule has 3 saturated heterocycles. The monoisotopic (exact) mass is 522 g/mol. The highest BCUT2D eigenvalue weighted by atomic mass is 16.7. The van der Waals surface area contributed by atoms with Gasteiger partial charge in [0.25, 0.3) is 0 Å². The highest BCUT2D eigenvalue weighted by molar-refractivity contribution is 4.95. The maximum atomic E-state index is 9.21. The summed E-state index contributed by atoms with van der Waals surface area (Å²) in [5.41, 5.74) is 18.3. The summed E-state index contributed by atoms with van der Waals surface area (Å²) in [5, 5.41) is 8.06. The van der Waals surface area contributed by atoms with Crippen LogP contribution in [0.2, 0.25) is 0 Å². The lowest BCUT2D eigenvalue weighted by Gasteiger charge is -2.50. The van der Waals surface area contributed by atoms with E-state index in [0.29, 0.717) is 0 Å². The third kappa shape index (κ3) is 6.19. The van der Waals surface area contributed by atoms with Gasteiger partial charge >= 0.3 is 0 Å². The van der Waals surface area contributed by atoms with Crippen LogP contribution >= 0.6 is 0 Å². The molecule has 15 unspecified atom stereocenters. The van der Waals surface area contributed by atoms with Crippen molar-refractivity contribution in [3.05, 3.63) is 20.9 Å². The maximum absolute atomic E-state index is 9.21. The van der Waals surface area contributed by atoms with Crippen LogP contribution in [0.4, 0.5) is 0 Å². The molecular weight excluding hydrogens is 476 g/mol. The van der Waals surface area contributed by atoms with E-state index in [9.17, 15) is 5.53 Å². The van der Waals surface area contributed by atoms with Crippen LogP contribution < -0.4 is 0 Å². The highest BCUT2D eigenvalue weighted by Gasteiger charge is 2.49. The second-order valence-electron chi connectivity index (χ2n) is 11.3. The fraction of sp³-hybridized carbons (Fsp3) is 1.00. The van der Waals surface area contributed by atoms with Gasteiger partial charge in [0.15, 0.2) is 12.6 Å². The zero-order chi connectivity index (χ0) is 27.4. The van der Waals surface area contributed by atoms with Gasteiger partial charge in [-0.05, 0) is 61.4 Å². The minimum Gasteiger partial charge on any atom is -0.372 e. The summed E-state index contributed by atoms with van der Waals surface area (Å²) in [6.07, 6.45) is -0.468. The van der Waals surface area contributed by atoms with Crippen LogP contribution in [0.5, 0.6) is 0 Å². The molecular formula is C26H46N6O5. The second kappa shape index (κ2) is 13.0. The third-order valence-electron chi connectivity index (χ3n) is 9.18. The Labute approximate surface area is 221 Å². The Morgan fingerprint density at radius 2 is 1.19 bits per heavy atom. The molecule has 0 N–H and O–H groups in total. The first kappa shape index (κ1) is 30.0. The zero-order valence-electron chi connectivity index (χ0n) is 23.8. The molecule has 210 valence electrons. The molecule has 0 saturated carbocycles. The van der Waals surface area contributed by atoms with Gasteiger partial charge in [-0.3, -0.25) is 0 Å². The molecule has 3 aliphatic heterocycles. The van der Waals surface area contributed by atoms with Crippen molar-refractivity contribution < 1.29 is 23.7 Å². The lowest BCUT2D eigenvalue weighted by Crippen LogP contribution is -2.58. The Morgan fingerprint density at radius 3 is 1.78 bits per heavy atom. The number of rotatable bonds is 8. The van der Waals surface area contributed by atoms with Crippen molar-refractivity contribution >= 4 is 0 Å². The molecule has 37 heavy (non-hydrogen) atoms. The molecule has 0 aromatic carbocycles. The van der Waals surface area contributed by atoms with Gasteiger partial charge in [-0.25, -0.2) is 0 Å². The molecule has 0 bridgehead atoms. The lowest BCUT2D eigenvalue weighted by molar-refractivity contribution is -0.330. The molecule has 3 rings (SSSR count). The van der Waals surface area contributed by atoms with Crippen molar-refractivity contribution in [3.63, 3.8) is 0 Å². The summed E-state index contributed by atoms with van der Waals surface area (Å²) < 4.78 is 32.1. The van der Waals surface area contributed by atoms with Crippen LogP contribution in [-0.2, 0) is 23.7 Å². The van der Waals surface area contributed by atoms with E-state index in [4.69, 9.17) is 29.2 Å². The third-order valence-corrected chi connectivity index (χ3v) is 9.18. The molecule has 3 aliphatic rings. The fourth-order valence-corrected chi connectivity index (χ4v) is 6.35. The summed E-state index contributed by atoms with van der Waals surface area (Å²) >= 11 is 0. The number of nitrogens with zero attached hydrogens (tertiary/aromatic N) is 6. The van der Waals surface area contributed by atoms with E-state index in [1.54, 1.807) is 0 Å². The average Bonchev–Trinajstić information content (AvgIpc) is 2.87. The molecule has 0 aromatic heterocycles. The minimum atomic E-state index is -0.627. The number of hydrogen-bond donors (Lipinski definition) is 0. The van der Waals surface area contributed by atoms with E-state index in [1.165, 1.54) is 0 Å². The Hall–Kier alpha value is -1.58. The van der Waals surface area contributed by atoms with Gasteiger partial charge in [0.05, 0.1) is 48.7 Å². The summed E-state index contributed by atoms with van der Waals surface area (Å²) in [4.78, 5) is 6.12. The van der Waals surface area contributed by atoms with Crippen LogP contribution in [0.1, 0.15) is 75.2 Å². The number of ether oxygens (including phenoxy) is 5. The summed E-state index contributed by atoms with van der Waals surface area (Å²) in [6.45, 7) is 18.7. The van der Waals surface area contributed by atoms with Crippen LogP contribution in [0.3, 0.4) is 0 Å². The molecule has 15 atom stereocenters. The topological polar surface area (TPSA) is 144 Å². The first-order valence-corrected chi connectivity index (χ1v) is 13.9. The molecule has 0 aromatic rings. The van der Waals surface area contributed by atoms with E-state index in [0.717, 1.165) is 12.8 Å². The smallest absolute Gasteiger partial charge is 0.167 e. The second-order valence-corrected chi connectivity index (χ2v) is 11.3. The summed E-state index contributed by atoms with van der Waals surface area (Å²) in [5.74, 6) is 0.481. The van der Waals surface area contributed by atoms with Crippen molar-refractivity contribution in [3.8, 4) is 0 Å².